The van der Waals surface area contributed by atoms with Crippen molar-refractivity contribution in [2.45, 2.75) is 97.2 Å². The van der Waals surface area contributed by atoms with Crippen LogP contribution in [0.4, 0.5) is 0 Å². The van der Waals surface area contributed by atoms with E-state index >= 15 is 0 Å². The maximum atomic E-state index is 11.3. The molecule has 4 fully saturated rings. The fourth-order valence-electron chi connectivity index (χ4n) is 8.96. The predicted molar refractivity (Wildman–Crippen MR) is 116 cm³/mol. The molecule has 174 valence electrons. The minimum absolute atomic E-state index is 0. The number of hydrogen-bond donors (Lipinski definition) is 2. The minimum atomic E-state index is -4.13. The largest absolute Gasteiger partial charge is 1.00 e. The molecule has 0 aromatic rings. The monoisotopic (exact) mass is 464 g/mol. The Morgan fingerprint density at radius 3 is 2.32 bits per heavy atom. The first-order valence-electron chi connectivity index (χ1n) is 12.3. The van der Waals surface area contributed by atoms with Gasteiger partial charge in [-0.3, -0.25) is 0 Å². The molecule has 4 aliphatic carbocycles. The topological polar surface area (TPSA) is 97.7 Å². The summed E-state index contributed by atoms with van der Waals surface area (Å²) in [6.45, 7) is 7.10. The Hall–Kier alpha value is 0.830. The van der Waals surface area contributed by atoms with E-state index in [1.54, 1.807) is 0 Å². The number of fused-ring (bicyclic) bond motifs is 5. The fraction of sp³-hybridized carbons (Fsp3) is 1.00. The van der Waals surface area contributed by atoms with Crippen molar-refractivity contribution in [3.8, 4) is 0 Å². The summed E-state index contributed by atoms with van der Waals surface area (Å²) >= 11 is 0. The van der Waals surface area contributed by atoms with Crippen LogP contribution in [0, 0.1) is 46.3 Å². The van der Waals surface area contributed by atoms with Crippen molar-refractivity contribution in [1.29, 1.82) is 0 Å². The van der Waals surface area contributed by atoms with E-state index in [-0.39, 0.29) is 58.3 Å². The van der Waals surface area contributed by atoms with Gasteiger partial charge in [0.2, 0.25) is 0 Å². The zero-order valence-electron chi connectivity index (χ0n) is 19.9. The molecule has 2 N–H and O–H groups in total. The zero-order chi connectivity index (χ0) is 21.9. The summed E-state index contributed by atoms with van der Waals surface area (Å²) in [6.07, 6.45) is 9.12. The molecule has 4 aliphatic rings. The first-order chi connectivity index (χ1) is 14.0. The van der Waals surface area contributed by atoms with E-state index in [1.165, 1.54) is 6.42 Å². The van der Waals surface area contributed by atoms with Crippen molar-refractivity contribution in [1.82, 2.24) is 0 Å². The quantitative estimate of drug-likeness (QED) is 0.466. The van der Waals surface area contributed by atoms with E-state index < -0.39 is 10.1 Å². The van der Waals surface area contributed by atoms with Crippen molar-refractivity contribution < 1.29 is 52.7 Å². The summed E-state index contributed by atoms with van der Waals surface area (Å²) in [5.41, 5.74) is 0.450. The Balaban J connectivity index is 0.00000272. The summed E-state index contributed by atoms with van der Waals surface area (Å²) in [5.74, 6) is 2.59. The van der Waals surface area contributed by atoms with Crippen molar-refractivity contribution in [3.05, 3.63) is 0 Å². The fourth-order valence-corrected chi connectivity index (χ4v) is 9.48. The van der Waals surface area contributed by atoms with E-state index in [1.807, 2.05) is 0 Å². The van der Waals surface area contributed by atoms with Gasteiger partial charge in [0.15, 0.2) is 0 Å². The molecular weight excluding hydrogens is 423 g/mol. The van der Waals surface area contributed by atoms with Crippen LogP contribution in [0.5, 0.6) is 0 Å². The smallest absolute Gasteiger partial charge is 0.748 e. The third-order valence-electron chi connectivity index (χ3n) is 10.5. The van der Waals surface area contributed by atoms with Crippen LogP contribution in [0.3, 0.4) is 0 Å². The Kier molecular flexibility index (Phi) is 8.07. The third-order valence-corrected chi connectivity index (χ3v) is 11.3. The molecule has 5 nitrogen and oxygen atoms in total. The summed E-state index contributed by atoms with van der Waals surface area (Å²) in [4.78, 5) is 0. The standard InChI is InChI=1S/C24H42O5S.Na/c1-15(5-4-12-30(27,28)29)18-6-7-19-22-20(9-11-24(18,19)3)23(2)10-8-17(25)13-16(23)14-21(22)26;/h15-22,25-26H,4-14H2,1-3H3,(H,27,28,29);/q;+1/p-1/t15-,16+,17-,18-,19?,20?,21-,22?,23+,24-;/m1./s1. The SMILES string of the molecule is C[C@H](CCCS(=O)(=O)[O-])[C@H]1CCC2C3C(CC[C@@]21C)[C@@]1(C)CC[C@@H](O)C[C@H]1C[C@H]3O.[Na+]. The molecular formula is C24H41NaO5S. The molecule has 0 heterocycles. The average Bonchev–Trinajstić information content (AvgIpc) is 2.99. The van der Waals surface area contributed by atoms with E-state index in [2.05, 4.69) is 20.8 Å². The van der Waals surface area contributed by atoms with Crippen LogP contribution in [-0.2, 0) is 10.1 Å². The van der Waals surface area contributed by atoms with Gasteiger partial charge in [-0.15, -0.1) is 0 Å². The van der Waals surface area contributed by atoms with Crippen molar-refractivity contribution in [2.24, 2.45) is 46.3 Å². The molecule has 4 saturated carbocycles. The molecule has 31 heavy (non-hydrogen) atoms. The number of aliphatic hydroxyl groups is 2. The first-order valence-corrected chi connectivity index (χ1v) is 13.8. The van der Waals surface area contributed by atoms with Crippen LogP contribution in [0.1, 0.15) is 85.0 Å². The van der Waals surface area contributed by atoms with E-state index in [0.29, 0.717) is 41.9 Å². The van der Waals surface area contributed by atoms with Gasteiger partial charge in [-0.25, -0.2) is 8.42 Å². The molecule has 0 amide bonds. The first kappa shape index (κ1) is 26.4. The minimum Gasteiger partial charge on any atom is -0.748 e. The molecule has 0 aliphatic heterocycles. The van der Waals surface area contributed by atoms with Gasteiger partial charge in [-0.1, -0.05) is 20.8 Å². The molecule has 0 aromatic carbocycles. The van der Waals surface area contributed by atoms with E-state index in [4.69, 9.17) is 0 Å². The van der Waals surface area contributed by atoms with Gasteiger partial charge in [0.1, 0.15) is 0 Å². The van der Waals surface area contributed by atoms with Crippen molar-refractivity contribution in [3.63, 3.8) is 0 Å². The molecule has 4 rings (SSSR count). The summed E-state index contributed by atoms with van der Waals surface area (Å²) in [5, 5.41) is 21.5. The van der Waals surface area contributed by atoms with E-state index in [0.717, 1.165) is 51.4 Å². The Morgan fingerprint density at radius 2 is 1.65 bits per heavy atom. The maximum Gasteiger partial charge on any atom is 1.00 e. The molecule has 0 saturated heterocycles. The Morgan fingerprint density at radius 1 is 1.00 bits per heavy atom. The second-order valence-corrected chi connectivity index (χ2v) is 13.4. The summed E-state index contributed by atoms with van der Waals surface area (Å²) in [6, 6.07) is 0. The summed E-state index contributed by atoms with van der Waals surface area (Å²) in [7, 11) is -4.13. The second kappa shape index (κ2) is 9.47. The Labute approximate surface area is 211 Å². The molecule has 0 bridgehead atoms. The predicted octanol–water partition coefficient (Wildman–Crippen LogP) is 0.943. The number of aliphatic hydroxyl groups excluding tert-OH is 2. The molecule has 0 spiro atoms. The van der Waals surface area contributed by atoms with E-state index in [9.17, 15) is 23.2 Å². The van der Waals surface area contributed by atoms with Crippen LogP contribution in [0.2, 0.25) is 0 Å². The van der Waals surface area contributed by atoms with Gasteiger partial charge < -0.3 is 14.8 Å². The molecule has 0 radical (unpaired) electrons. The summed E-state index contributed by atoms with van der Waals surface area (Å²) < 4.78 is 33.0. The van der Waals surface area contributed by atoms with Gasteiger partial charge in [0.05, 0.1) is 22.3 Å². The van der Waals surface area contributed by atoms with Crippen LogP contribution in [0.15, 0.2) is 0 Å². The van der Waals surface area contributed by atoms with Crippen molar-refractivity contribution >= 4 is 10.1 Å². The Bertz CT molecular complexity index is 744. The molecule has 7 heteroatoms. The van der Waals surface area contributed by atoms with Gasteiger partial charge in [-0.2, -0.15) is 0 Å². The van der Waals surface area contributed by atoms with Gasteiger partial charge in [0.25, 0.3) is 0 Å². The van der Waals surface area contributed by atoms with Gasteiger partial charge in [0, 0.05) is 5.75 Å². The van der Waals surface area contributed by atoms with Crippen LogP contribution in [0.25, 0.3) is 0 Å². The van der Waals surface area contributed by atoms with Crippen LogP contribution < -0.4 is 29.6 Å². The maximum absolute atomic E-state index is 11.3. The van der Waals surface area contributed by atoms with Gasteiger partial charge >= 0.3 is 29.6 Å². The molecule has 10 atom stereocenters. The zero-order valence-corrected chi connectivity index (χ0v) is 22.7. The number of hydrogen-bond acceptors (Lipinski definition) is 5. The number of rotatable bonds is 5. The van der Waals surface area contributed by atoms with Crippen molar-refractivity contribution in [2.75, 3.05) is 5.75 Å². The van der Waals surface area contributed by atoms with Crippen LogP contribution >= 0.6 is 0 Å². The second-order valence-electron chi connectivity index (χ2n) is 11.8. The average molecular weight is 465 g/mol. The van der Waals surface area contributed by atoms with Crippen LogP contribution in [-0.4, -0.2) is 41.1 Å². The normalized spacial score (nSPS) is 48.1. The van der Waals surface area contributed by atoms with Gasteiger partial charge in [-0.05, 0) is 111 Å². The third kappa shape index (κ3) is 4.83. The molecule has 3 unspecified atom stereocenters. The molecule has 0 aromatic heterocycles.